The van der Waals surface area contributed by atoms with Crippen LogP contribution in [0.1, 0.15) is 16.7 Å². The van der Waals surface area contributed by atoms with Gasteiger partial charge in [-0.2, -0.15) is 0 Å². The topological polar surface area (TPSA) is 72.6 Å². The molecule has 0 amide bonds. The Hall–Kier alpha value is -2.40. The summed E-state index contributed by atoms with van der Waals surface area (Å²) in [5.74, 6) is 0.631. The van der Waals surface area contributed by atoms with Crippen LogP contribution in [0.5, 0.6) is 11.5 Å². The van der Waals surface area contributed by atoms with E-state index in [1.54, 1.807) is 31.2 Å². The minimum atomic E-state index is -0.477. The molecule has 0 aliphatic carbocycles. The van der Waals surface area contributed by atoms with Gasteiger partial charge in [-0.25, -0.2) is 0 Å². The lowest BCUT2D eigenvalue weighted by atomic mass is 10.1. The summed E-state index contributed by atoms with van der Waals surface area (Å²) in [5.41, 5.74) is 2.17. The summed E-state index contributed by atoms with van der Waals surface area (Å²) in [7, 11) is 0. The van der Waals surface area contributed by atoms with Crippen molar-refractivity contribution in [1.82, 2.24) is 0 Å². The number of rotatable bonds is 4. The standard InChI is InChI=1S/C15H15NO4/c1-10-6-7-14(12(8-10)9-17)20-15-11(2)4-3-5-13(15)16(18)19/h3-8,17H,9H2,1-2H3. The lowest BCUT2D eigenvalue weighted by molar-refractivity contribution is -0.385. The van der Waals surface area contributed by atoms with Crippen LogP contribution in [-0.2, 0) is 6.61 Å². The van der Waals surface area contributed by atoms with Gasteiger partial charge in [0.1, 0.15) is 5.75 Å². The Labute approximate surface area is 116 Å². The third-order valence-electron chi connectivity index (χ3n) is 2.99. The van der Waals surface area contributed by atoms with Gasteiger partial charge in [-0.15, -0.1) is 0 Å². The predicted molar refractivity (Wildman–Crippen MR) is 75.0 cm³/mol. The van der Waals surface area contributed by atoms with E-state index in [1.165, 1.54) is 6.07 Å². The maximum absolute atomic E-state index is 11.0. The second-order valence-corrected chi connectivity index (χ2v) is 4.55. The van der Waals surface area contributed by atoms with E-state index in [4.69, 9.17) is 4.74 Å². The number of nitro benzene ring substituents is 1. The van der Waals surface area contributed by atoms with Crippen LogP contribution in [0.25, 0.3) is 0 Å². The molecule has 0 atom stereocenters. The van der Waals surface area contributed by atoms with Gasteiger partial charge in [0, 0.05) is 11.6 Å². The quantitative estimate of drug-likeness (QED) is 0.683. The molecule has 2 rings (SSSR count). The second kappa shape index (κ2) is 5.71. The maximum Gasteiger partial charge on any atom is 0.311 e. The first kappa shape index (κ1) is 14.0. The SMILES string of the molecule is Cc1ccc(Oc2c(C)cccc2[N+](=O)[O-])c(CO)c1. The van der Waals surface area contributed by atoms with Crippen LogP contribution in [0.2, 0.25) is 0 Å². The van der Waals surface area contributed by atoms with Crippen molar-refractivity contribution >= 4 is 5.69 Å². The molecule has 0 aromatic heterocycles. The average molecular weight is 273 g/mol. The molecule has 5 nitrogen and oxygen atoms in total. The summed E-state index contributed by atoms with van der Waals surface area (Å²) in [4.78, 5) is 10.6. The first-order valence-electron chi connectivity index (χ1n) is 6.15. The van der Waals surface area contributed by atoms with Crippen molar-refractivity contribution in [3.8, 4) is 11.5 Å². The highest BCUT2D eigenvalue weighted by Crippen LogP contribution is 2.35. The Morgan fingerprint density at radius 3 is 2.65 bits per heavy atom. The summed E-state index contributed by atoms with van der Waals surface area (Å²) in [6, 6.07) is 10.1. The zero-order chi connectivity index (χ0) is 14.7. The molecule has 2 aromatic rings. The van der Waals surface area contributed by atoms with Gasteiger partial charge in [0.2, 0.25) is 5.75 Å². The fourth-order valence-electron chi connectivity index (χ4n) is 1.95. The van der Waals surface area contributed by atoms with Crippen LogP contribution < -0.4 is 4.74 Å². The van der Waals surface area contributed by atoms with Gasteiger partial charge in [0.25, 0.3) is 0 Å². The largest absolute Gasteiger partial charge is 0.449 e. The number of hydrogen-bond donors (Lipinski definition) is 1. The maximum atomic E-state index is 11.0. The summed E-state index contributed by atoms with van der Waals surface area (Å²) in [5, 5.41) is 20.4. The molecule has 2 aromatic carbocycles. The van der Waals surface area contributed by atoms with E-state index < -0.39 is 4.92 Å². The fourth-order valence-corrected chi connectivity index (χ4v) is 1.95. The number of aliphatic hydroxyl groups excluding tert-OH is 1. The zero-order valence-corrected chi connectivity index (χ0v) is 11.3. The molecule has 104 valence electrons. The van der Waals surface area contributed by atoms with E-state index >= 15 is 0 Å². The minimum Gasteiger partial charge on any atom is -0.449 e. The van der Waals surface area contributed by atoms with E-state index in [2.05, 4.69) is 0 Å². The van der Waals surface area contributed by atoms with Crippen molar-refractivity contribution in [3.63, 3.8) is 0 Å². The van der Waals surface area contributed by atoms with Gasteiger partial charge in [0.15, 0.2) is 0 Å². The Balaban J connectivity index is 2.47. The normalized spacial score (nSPS) is 10.3. The molecule has 0 fully saturated rings. The van der Waals surface area contributed by atoms with Crippen molar-refractivity contribution in [2.75, 3.05) is 0 Å². The van der Waals surface area contributed by atoms with Crippen LogP contribution in [0.15, 0.2) is 36.4 Å². The molecule has 1 N–H and O–H groups in total. The van der Waals surface area contributed by atoms with Gasteiger partial charge < -0.3 is 9.84 Å². The Morgan fingerprint density at radius 1 is 1.25 bits per heavy atom. The fraction of sp³-hybridized carbons (Fsp3) is 0.200. The van der Waals surface area contributed by atoms with E-state index in [9.17, 15) is 15.2 Å². The molecule has 0 spiro atoms. The number of benzene rings is 2. The van der Waals surface area contributed by atoms with Gasteiger partial charge in [-0.3, -0.25) is 10.1 Å². The average Bonchev–Trinajstić information content (AvgIpc) is 2.42. The molecule has 0 unspecified atom stereocenters. The minimum absolute atomic E-state index is 0.0885. The van der Waals surface area contributed by atoms with E-state index in [0.29, 0.717) is 16.9 Å². The van der Waals surface area contributed by atoms with Gasteiger partial charge in [-0.05, 0) is 25.5 Å². The van der Waals surface area contributed by atoms with Crippen LogP contribution in [-0.4, -0.2) is 10.0 Å². The second-order valence-electron chi connectivity index (χ2n) is 4.55. The zero-order valence-electron chi connectivity index (χ0n) is 11.3. The van der Waals surface area contributed by atoms with Gasteiger partial charge in [0.05, 0.1) is 11.5 Å². The molecular weight excluding hydrogens is 258 g/mol. The van der Waals surface area contributed by atoms with Crippen molar-refractivity contribution < 1.29 is 14.8 Å². The molecule has 20 heavy (non-hydrogen) atoms. The first-order chi connectivity index (χ1) is 9.52. The van der Waals surface area contributed by atoms with Crippen LogP contribution >= 0.6 is 0 Å². The van der Waals surface area contributed by atoms with Gasteiger partial charge >= 0.3 is 5.69 Å². The highest BCUT2D eigenvalue weighted by atomic mass is 16.6. The van der Waals surface area contributed by atoms with Crippen molar-refractivity contribution in [2.24, 2.45) is 0 Å². The third kappa shape index (κ3) is 2.78. The molecular formula is C15H15NO4. The number of aliphatic hydroxyl groups is 1. The number of aryl methyl sites for hydroxylation is 2. The molecule has 0 aliphatic heterocycles. The first-order valence-corrected chi connectivity index (χ1v) is 6.15. The Kier molecular flexibility index (Phi) is 4.00. The predicted octanol–water partition coefficient (Wildman–Crippen LogP) is 3.50. The third-order valence-corrected chi connectivity index (χ3v) is 2.99. The van der Waals surface area contributed by atoms with Crippen LogP contribution in [0, 0.1) is 24.0 Å². The number of nitrogens with zero attached hydrogens (tertiary/aromatic N) is 1. The van der Waals surface area contributed by atoms with Crippen molar-refractivity contribution in [2.45, 2.75) is 20.5 Å². The molecule has 0 saturated carbocycles. The monoisotopic (exact) mass is 273 g/mol. The van der Waals surface area contributed by atoms with Gasteiger partial charge in [-0.1, -0.05) is 29.8 Å². The number of hydrogen-bond acceptors (Lipinski definition) is 4. The molecule has 0 saturated heterocycles. The summed E-state index contributed by atoms with van der Waals surface area (Å²) < 4.78 is 5.68. The number of ether oxygens (including phenoxy) is 1. The summed E-state index contributed by atoms with van der Waals surface area (Å²) in [6.07, 6.45) is 0. The molecule has 0 aliphatic rings. The number of para-hydroxylation sites is 1. The lowest BCUT2D eigenvalue weighted by Gasteiger charge is -2.12. The lowest BCUT2D eigenvalue weighted by Crippen LogP contribution is -1.98. The molecule has 0 heterocycles. The molecule has 0 bridgehead atoms. The van der Waals surface area contributed by atoms with E-state index in [0.717, 1.165) is 5.56 Å². The highest BCUT2D eigenvalue weighted by molar-refractivity contribution is 5.54. The van der Waals surface area contributed by atoms with Crippen molar-refractivity contribution in [1.29, 1.82) is 0 Å². The summed E-state index contributed by atoms with van der Waals surface area (Å²) >= 11 is 0. The van der Waals surface area contributed by atoms with E-state index in [1.807, 2.05) is 13.0 Å². The molecule has 0 radical (unpaired) electrons. The van der Waals surface area contributed by atoms with Crippen molar-refractivity contribution in [3.05, 3.63) is 63.2 Å². The molecule has 5 heteroatoms. The number of nitro groups is 1. The van der Waals surface area contributed by atoms with Crippen LogP contribution in [0.3, 0.4) is 0 Å². The highest BCUT2D eigenvalue weighted by Gasteiger charge is 2.18. The van der Waals surface area contributed by atoms with Crippen LogP contribution in [0.4, 0.5) is 5.69 Å². The van der Waals surface area contributed by atoms with E-state index in [-0.39, 0.29) is 18.0 Å². The Bertz CT molecular complexity index is 652. The Morgan fingerprint density at radius 2 is 2.00 bits per heavy atom. The summed E-state index contributed by atoms with van der Waals surface area (Å²) in [6.45, 7) is 3.46. The smallest absolute Gasteiger partial charge is 0.311 e.